The summed E-state index contributed by atoms with van der Waals surface area (Å²) in [6, 6.07) is 5.79. The highest BCUT2D eigenvalue weighted by atomic mass is 35.5. The second kappa shape index (κ2) is 6.74. The molecule has 1 aromatic carbocycles. The van der Waals surface area contributed by atoms with Gasteiger partial charge in [-0.25, -0.2) is 8.42 Å². The fourth-order valence-corrected chi connectivity index (χ4v) is 4.37. The Balaban J connectivity index is 2.36. The zero-order valence-electron chi connectivity index (χ0n) is 11.5. The van der Waals surface area contributed by atoms with Crippen molar-refractivity contribution in [3.05, 3.63) is 29.3 Å². The normalized spacial score (nSPS) is 17.0. The lowest BCUT2D eigenvalue weighted by Gasteiger charge is -2.32. The summed E-state index contributed by atoms with van der Waals surface area (Å²) in [4.78, 5) is 11.4. The summed E-state index contributed by atoms with van der Waals surface area (Å²) in [5.41, 5.74) is 5.22. The minimum Gasteiger partial charge on any atom is -0.369 e. The zero-order chi connectivity index (χ0) is 15.5. The number of amides is 1. The molecule has 1 heterocycles. The summed E-state index contributed by atoms with van der Waals surface area (Å²) >= 11 is 5.86. The van der Waals surface area contributed by atoms with Gasteiger partial charge in [0.15, 0.2) is 0 Å². The highest BCUT2D eigenvalue weighted by molar-refractivity contribution is 7.89. The molecule has 1 amide bonds. The fraction of sp³-hybridized carbons (Fsp3) is 0.462. The molecule has 0 radical (unpaired) electrons. The molecule has 116 valence electrons. The van der Waals surface area contributed by atoms with Crippen LogP contribution in [0.25, 0.3) is 0 Å². The average molecular weight is 332 g/mol. The van der Waals surface area contributed by atoms with Gasteiger partial charge in [-0.05, 0) is 44.1 Å². The minimum atomic E-state index is -3.80. The molecule has 0 unspecified atom stereocenters. The number of rotatable bonds is 5. The number of nitrogens with one attached hydrogen (secondary N) is 1. The Morgan fingerprint density at radius 1 is 1.38 bits per heavy atom. The maximum Gasteiger partial charge on any atom is 0.243 e. The maximum absolute atomic E-state index is 12.8. The van der Waals surface area contributed by atoms with E-state index in [1.807, 2.05) is 0 Å². The van der Waals surface area contributed by atoms with Crippen LogP contribution in [-0.2, 0) is 14.8 Å². The van der Waals surface area contributed by atoms with Crippen LogP contribution in [0.4, 0.5) is 0 Å². The van der Waals surface area contributed by atoms with Gasteiger partial charge < -0.3 is 11.1 Å². The van der Waals surface area contributed by atoms with Crippen molar-refractivity contribution in [3.8, 4) is 0 Å². The predicted molar refractivity (Wildman–Crippen MR) is 80.4 cm³/mol. The highest BCUT2D eigenvalue weighted by Gasteiger charge is 2.33. The number of sulfonamides is 1. The third kappa shape index (κ3) is 3.94. The number of hydrogen-bond acceptors (Lipinski definition) is 4. The first-order chi connectivity index (χ1) is 9.91. The lowest BCUT2D eigenvalue weighted by atomic mass is 10.1. The minimum absolute atomic E-state index is 0.0785. The van der Waals surface area contributed by atoms with E-state index < -0.39 is 15.9 Å². The van der Waals surface area contributed by atoms with Gasteiger partial charge in [0.25, 0.3) is 0 Å². The Morgan fingerprint density at radius 2 is 2.05 bits per heavy atom. The number of benzene rings is 1. The van der Waals surface area contributed by atoms with E-state index in [0.717, 1.165) is 0 Å². The molecular weight excluding hydrogens is 314 g/mol. The molecule has 8 heteroatoms. The van der Waals surface area contributed by atoms with E-state index in [-0.39, 0.29) is 17.5 Å². The number of nitrogens with two attached hydrogens (primary N) is 1. The molecule has 0 atom stereocenters. The molecule has 2 rings (SSSR count). The van der Waals surface area contributed by atoms with Crippen LogP contribution in [0.15, 0.2) is 29.2 Å². The van der Waals surface area contributed by atoms with E-state index in [2.05, 4.69) is 5.32 Å². The number of carbonyl (C=O) groups excluding carboxylic acids is 1. The van der Waals surface area contributed by atoms with E-state index >= 15 is 0 Å². The molecule has 1 fully saturated rings. The third-order valence-corrected chi connectivity index (χ3v) is 5.56. The van der Waals surface area contributed by atoms with Crippen molar-refractivity contribution in [2.75, 3.05) is 19.6 Å². The monoisotopic (exact) mass is 331 g/mol. The van der Waals surface area contributed by atoms with Crippen LogP contribution in [0.1, 0.15) is 12.8 Å². The van der Waals surface area contributed by atoms with Crippen molar-refractivity contribution < 1.29 is 13.2 Å². The molecule has 6 nitrogen and oxygen atoms in total. The van der Waals surface area contributed by atoms with Gasteiger partial charge in [0.1, 0.15) is 0 Å². The summed E-state index contributed by atoms with van der Waals surface area (Å²) < 4.78 is 26.7. The smallest absolute Gasteiger partial charge is 0.243 e. The summed E-state index contributed by atoms with van der Waals surface area (Å²) in [6.45, 7) is 1.11. The second-order valence-electron chi connectivity index (χ2n) is 4.96. The molecule has 0 saturated carbocycles. The lowest BCUT2D eigenvalue weighted by Crippen LogP contribution is -2.49. The molecule has 1 saturated heterocycles. The quantitative estimate of drug-likeness (QED) is 0.825. The van der Waals surface area contributed by atoms with Crippen LogP contribution >= 0.6 is 11.6 Å². The van der Waals surface area contributed by atoms with Gasteiger partial charge in [0, 0.05) is 11.1 Å². The molecule has 0 bridgehead atoms. The maximum atomic E-state index is 12.8. The first-order valence-electron chi connectivity index (χ1n) is 6.67. The van der Waals surface area contributed by atoms with E-state index in [9.17, 15) is 13.2 Å². The Bertz CT molecular complexity index is 615. The van der Waals surface area contributed by atoms with Gasteiger partial charge in [0.2, 0.25) is 15.9 Å². The van der Waals surface area contributed by atoms with Crippen molar-refractivity contribution >= 4 is 27.5 Å². The molecule has 0 aliphatic carbocycles. The van der Waals surface area contributed by atoms with Crippen LogP contribution in [0, 0.1) is 0 Å². The van der Waals surface area contributed by atoms with Crippen LogP contribution < -0.4 is 11.1 Å². The molecule has 3 N–H and O–H groups in total. The SMILES string of the molecule is NC(=O)CN(C1CCNCC1)S(=O)(=O)c1cccc(Cl)c1. The second-order valence-corrected chi connectivity index (χ2v) is 7.28. The molecule has 1 aliphatic heterocycles. The Morgan fingerprint density at radius 3 is 2.62 bits per heavy atom. The van der Waals surface area contributed by atoms with Gasteiger partial charge in [0.05, 0.1) is 11.4 Å². The van der Waals surface area contributed by atoms with Crippen molar-refractivity contribution in [1.29, 1.82) is 0 Å². The molecule has 0 aromatic heterocycles. The summed E-state index contributed by atoms with van der Waals surface area (Å²) in [5, 5.41) is 3.50. The van der Waals surface area contributed by atoms with Crippen LogP contribution in [0.5, 0.6) is 0 Å². The third-order valence-electron chi connectivity index (χ3n) is 3.43. The molecule has 21 heavy (non-hydrogen) atoms. The Kier molecular flexibility index (Phi) is 5.21. The number of piperidine rings is 1. The van der Waals surface area contributed by atoms with E-state index in [1.54, 1.807) is 12.1 Å². The van der Waals surface area contributed by atoms with E-state index in [1.165, 1.54) is 16.4 Å². The van der Waals surface area contributed by atoms with Gasteiger partial charge >= 0.3 is 0 Å². The number of hydrogen-bond donors (Lipinski definition) is 2. The first-order valence-corrected chi connectivity index (χ1v) is 8.49. The molecular formula is C13H18ClN3O3S. The standard InChI is InChI=1S/C13H18ClN3O3S/c14-10-2-1-3-12(8-10)21(19,20)17(9-13(15)18)11-4-6-16-7-5-11/h1-3,8,11,16H,4-7,9H2,(H2,15,18). The highest BCUT2D eigenvalue weighted by Crippen LogP contribution is 2.24. The molecule has 1 aromatic rings. The van der Waals surface area contributed by atoms with Crippen LogP contribution in [0.3, 0.4) is 0 Å². The van der Waals surface area contributed by atoms with Gasteiger partial charge in [-0.15, -0.1) is 0 Å². The van der Waals surface area contributed by atoms with Crippen molar-refractivity contribution in [3.63, 3.8) is 0 Å². The van der Waals surface area contributed by atoms with E-state index in [0.29, 0.717) is 31.0 Å². The van der Waals surface area contributed by atoms with Gasteiger partial charge in [-0.2, -0.15) is 4.31 Å². The predicted octanol–water partition coefficient (Wildman–Crippen LogP) is 0.568. The summed E-state index contributed by atoms with van der Waals surface area (Å²) in [7, 11) is -3.80. The van der Waals surface area contributed by atoms with Crippen LogP contribution in [0.2, 0.25) is 5.02 Å². The Hall–Kier alpha value is -1.15. The van der Waals surface area contributed by atoms with Crippen LogP contribution in [-0.4, -0.2) is 44.3 Å². The average Bonchev–Trinajstić information content (AvgIpc) is 2.45. The summed E-state index contributed by atoms with van der Waals surface area (Å²) in [5.74, 6) is -0.667. The van der Waals surface area contributed by atoms with Crippen molar-refractivity contribution in [1.82, 2.24) is 9.62 Å². The topological polar surface area (TPSA) is 92.5 Å². The van der Waals surface area contributed by atoms with Crippen molar-refractivity contribution in [2.45, 2.75) is 23.8 Å². The molecule has 0 spiro atoms. The van der Waals surface area contributed by atoms with Gasteiger partial charge in [-0.1, -0.05) is 17.7 Å². The summed E-state index contributed by atoms with van der Waals surface area (Å²) in [6.07, 6.45) is 1.29. The lowest BCUT2D eigenvalue weighted by molar-refractivity contribution is -0.118. The van der Waals surface area contributed by atoms with E-state index in [4.69, 9.17) is 17.3 Å². The van der Waals surface area contributed by atoms with Gasteiger partial charge in [-0.3, -0.25) is 4.79 Å². The fourth-order valence-electron chi connectivity index (χ4n) is 2.42. The Labute approximate surface area is 129 Å². The molecule has 1 aliphatic rings. The number of halogens is 1. The zero-order valence-corrected chi connectivity index (χ0v) is 13.0. The van der Waals surface area contributed by atoms with Crippen molar-refractivity contribution in [2.24, 2.45) is 5.73 Å². The number of carbonyl (C=O) groups is 1. The first kappa shape index (κ1) is 16.2. The number of nitrogens with zero attached hydrogens (tertiary/aromatic N) is 1. The number of primary amides is 1. The largest absolute Gasteiger partial charge is 0.369 e.